The van der Waals surface area contributed by atoms with Gasteiger partial charge in [0.05, 0.1) is 4.91 Å². The fourth-order valence-corrected chi connectivity index (χ4v) is 5.68. The van der Waals surface area contributed by atoms with Crippen molar-refractivity contribution in [1.29, 1.82) is 5.26 Å². The Kier molecular flexibility index (Phi) is 7.60. The Bertz CT molecular complexity index is 1010. The number of hydrogen-bond donors (Lipinski definition) is 0. The van der Waals surface area contributed by atoms with Gasteiger partial charge >= 0.3 is 0 Å². The zero-order valence-corrected chi connectivity index (χ0v) is 20.4. The summed E-state index contributed by atoms with van der Waals surface area (Å²) in [5, 5.41) is 9.75. The number of thioether (sulfide) groups is 1. The van der Waals surface area contributed by atoms with Crippen molar-refractivity contribution >= 4 is 46.1 Å². The SMILES string of the molecule is CCCCn1c(N2CCCCC2)c(C=C2SC(=S)N(C(C)C)C2=O)c(C)c(C#N)c1=O. The number of amides is 1. The lowest BCUT2D eigenvalue weighted by Crippen LogP contribution is -2.37. The first kappa shape index (κ1) is 23.6. The van der Waals surface area contributed by atoms with Gasteiger partial charge in [0, 0.05) is 31.2 Å². The Morgan fingerprint density at radius 3 is 2.45 bits per heavy atom. The first-order chi connectivity index (χ1) is 14.8. The normalized spacial score (nSPS) is 18.4. The maximum Gasteiger partial charge on any atom is 0.270 e. The van der Waals surface area contributed by atoms with Crippen LogP contribution in [0.4, 0.5) is 5.82 Å². The summed E-state index contributed by atoms with van der Waals surface area (Å²) in [6.45, 7) is 10.1. The predicted octanol–water partition coefficient (Wildman–Crippen LogP) is 4.43. The molecule has 8 heteroatoms. The third-order valence-electron chi connectivity index (χ3n) is 5.85. The number of thiocarbonyl (C=S) groups is 1. The second kappa shape index (κ2) is 10.0. The van der Waals surface area contributed by atoms with Gasteiger partial charge in [-0.15, -0.1) is 0 Å². The van der Waals surface area contributed by atoms with Crippen LogP contribution in [0.1, 0.15) is 69.6 Å². The molecule has 3 heterocycles. The molecule has 0 radical (unpaired) electrons. The van der Waals surface area contributed by atoms with Crippen LogP contribution in [0.25, 0.3) is 6.08 Å². The number of carbonyl (C=O) groups excluding carboxylic acids is 1. The molecule has 0 spiro atoms. The van der Waals surface area contributed by atoms with Gasteiger partial charge in [-0.1, -0.05) is 37.3 Å². The van der Waals surface area contributed by atoms with Crippen molar-refractivity contribution in [2.45, 2.75) is 72.4 Å². The molecule has 2 aliphatic heterocycles. The van der Waals surface area contributed by atoms with E-state index < -0.39 is 0 Å². The van der Waals surface area contributed by atoms with Crippen LogP contribution in [0.5, 0.6) is 0 Å². The lowest BCUT2D eigenvalue weighted by Gasteiger charge is -2.33. The number of nitrogens with zero attached hydrogens (tertiary/aromatic N) is 4. The summed E-state index contributed by atoms with van der Waals surface area (Å²) in [6, 6.07) is 2.09. The van der Waals surface area contributed by atoms with Crippen molar-refractivity contribution in [3.8, 4) is 6.07 Å². The van der Waals surface area contributed by atoms with E-state index in [2.05, 4.69) is 17.9 Å². The number of hydrogen-bond acceptors (Lipinski definition) is 6. The van der Waals surface area contributed by atoms with Gasteiger partial charge in [0.2, 0.25) is 0 Å². The molecule has 1 aromatic heterocycles. The monoisotopic (exact) mass is 458 g/mol. The van der Waals surface area contributed by atoms with Crippen molar-refractivity contribution in [2.75, 3.05) is 18.0 Å². The van der Waals surface area contributed by atoms with E-state index in [0.29, 0.717) is 21.3 Å². The highest BCUT2D eigenvalue weighted by molar-refractivity contribution is 8.26. The average Bonchev–Trinajstić information content (AvgIpc) is 3.03. The topological polar surface area (TPSA) is 69.3 Å². The molecule has 2 saturated heterocycles. The van der Waals surface area contributed by atoms with Crippen molar-refractivity contribution in [2.24, 2.45) is 0 Å². The van der Waals surface area contributed by atoms with E-state index in [-0.39, 0.29) is 23.1 Å². The number of rotatable bonds is 6. The van der Waals surface area contributed by atoms with Crippen LogP contribution >= 0.6 is 24.0 Å². The zero-order valence-electron chi connectivity index (χ0n) is 18.7. The van der Waals surface area contributed by atoms with E-state index in [1.807, 2.05) is 26.8 Å². The van der Waals surface area contributed by atoms with E-state index in [1.54, 1.807) is 9.47 Å². The van der Waals surface area contributed by atoms with Gasteiger partial charge in [-0.05, 0) is 58.1 Å². The summed E-state index contributed by atoms with van der Waals surface area (Å²) in [5.74, 6) is 0.725. The van der Waals surface area contributed by atoms with Crippen molar-refractivity contribution in [1.82, 2.24) is 9.47 Å². The first-order valence-electron chi connectivity index (χ1n) is 11.0. The van der Waals surface area contributed by atoms with E-state index in [9.17, 15) is 14.9 Å². The van der Waals surface area contributed by atoms with Crippen molar-refractivity contribution < 1.29 is 4.79 Å². The highest BCUT2D eigenvalue weighted by Crippen LogP contribution is 2.37. The van der Waals surface area contributed by atoms with Gasteiger partial charge in [-0.25, -0.2) is 0 Å². The zero-order chi connectivity index (χ0) is 22.7. The molecular weight excluding hydrogens is 428 g/mol. The van der Waals surface area contributed by atoms with Crippen LogP contribution in [0.3, 0.4) is 0 Å². The van der Waals surface area contributed by atoms with Crippen LogP contribution in [-0.4, -0.2) is 38.8 Å². The summed E-state index contributed by atoms with van der Waals surface area (Å²) in [4.78, 5) is 30.7. The molecule has 0 N–H and O–H groups in total. The maximum absolute atomic E-state index is 13.2. The Balaban J connectivity index is 2.25. The number of carbonyl (C=O) groups is 1. The number of pyridine rings is 1. The molecule has 0 atom stereocenters. The van der Waals surface area contributed by atoms with Gasteiger partial charge < -0.3 is 4.90 Å². The van der Waals surface area contributed by atoms with E-state index in [4.69, 9.17) is 12.2 Å². The van der Waals surface area contributed by atoms with Crippen molar-refractivity contribution in [3.05, 3.63) is 31.9 Å². The third kappa shape index (κ3) is 4.58. The van der Waals surface area contributed by atoms with Crippen LogP contribution in [0, 0.1) is 18.3 Å². The van der Waals surface area contributed by atoms with Gasteiger partial charge in [-0.3, -0.25) is 19.1 Å². The maximum atomic E-state index is 13.2. The lowest BCUT2D eigenvalue weighted by molar-refractivity contribution is -0.123. The summed E-state index contributed by atoms with van der Waals surface area (Å²) < 4.78 is 2.30. The summed E-state index contributed by atoms with van der Waals surface area (Å²) >= 11 is 6.73. The average molecular weight is 459 g/mol. The fraction of sp³-hybridized carbons (Fsp3) is 0.565. The quantitative estimate of drug-likeness (QED) is 0.464. The minimum absolute atomic E-state index is 0.0192. The molecule has 0 aliphatic carbocycles. The molecule has 0 unspecified atom stereocenters. The van der Waals surface area contributed by atoms with Gasteiger partial charge in [-0.2, -0.15) is 5.26 Å². The fourth-order valence-electron chi connectivity index (χ4n) is 4.17. The smallest absolute Gasteiger partial charge is 0.270 e. The molecule has 1 aromatic rings. The molecule has 31 heavy (non-hydrogen) atoms. The Labute approximate surface area is 193 Å². The minimum atomic E-state index is -0.235. The second-order valence-electron chi connectivity index (χ2n) is 8.35. The van der Waals surface area contributed by atoms with Crippen LogP contribution in [-0.2, 0) is 11.3 Å². The Morgan fingerprint density at radius 2 is 1.90 bits per heavy atom. The molecule has 1 amide bonds. The number of anilines is 1. The lowest BCUT2D eigenvalue weighted by atomic mass is 10.0. The molecule has 2 fully saturated rings. The Hall–Kier alpha value is -2.11. The molecule has 0 aromatic carbocycles. The second-order valence-corrected chi connectivity index (χ2v) is 10.0. The molecular formula is C23H30N4O2S2. The standard InChI is InChI=1S/C23H30N4O2S2/c1-5-6-12-26-20(25-10-8-7-9-11-25)17(16(4)18(14-24)21(26)28)13-19-22(29)27(15(2)3)23(30)31-19/h13,15H,5-12H2,1-4H3. The van der Waals surface area contributed by atoms with Crippen LogP contribution in [0.15, 0.2) is 9.70 Å². The third-order valence-corrected chi connectivity index (χ3v) is 7.18. The van der Waals surface area contributed by atoms with Gasteiger partial charge in [0.25, 0.3) is 11.5 Å². The van der Waals surface area contributed by atoms with E-state index in [0.717, 1.165) is 50.2 Å². The highest BCUT2D eigenvalue weighted by Gasteiger charge is 2.34. The summed E-state index contributed by atoms with van der Waals surface area (Å²) in [7, 11) is 0. The van der Waals surface area contributed by atoms with Crippen LogP contribution < -0.4 is 10.5 Å². The molecule has 0 saturated carbocycles. The summed E-state index contributed by atoms with van der Waals surface area (Å²) in [5.41, 5.74) is 1.34. The van der Waals surface area contributed by atoms with Crippen molar-refractivity contribution in [3.63, 3.8) is 0 Å². The molecule has 6 nitrogen and oxygen atoms in total. The largest absolute Gasteiger partial charge is 0.357 e. The van der Waals surface area contributed by atoms with Gasteiger partial charge in [0.1, 0.15) is 21.8 Å². The number of piperidine rings is 1. The molecule has 0 bridgehead atoms. The number of unbranched alkanes of at least 4 members (excludes halogenated alkanes) is 1. The highest BCUT2D eigenvalue weighted by atomic mass is 32.2. The number of aromatic nitrogens is 1. The van der Waals surface area contributed by atoms with Gasteiger partial charge in [0.15, 0.2) is 0 Å². The van der Waals surface area contributed by atoms with E-state index >= 15 is 0 Å². The molecule has 3 rings (SSSR count). The first-order valence-corrected chi connectivity index (χ1v) is 12.2. The minimum Gasteiger partial charge on any atom is -0.357 e. The predicted molar refractivity (Wildman–Crippen MR) is 131 cm³/mol. The molecule has 166 valence electrons. The van der Waals surface area contributed by atoms with Crippen LogP contribution in [0.2, 0.25) is 0 Å². The van der Waals surface area contributed by atoms with E-state index in [1.165, 1.54) is 18.2 Å². The number of nitriles is 1. The molecule has 2 aliphatic rings. The summed E-state index contributed by atoms with van der Waals surface area (Å²) in [6.07, 6.45) is 6.95. The Morgan fingerprint density at radius 1 is 1.23 bits per heavy atom.